The molecule has 1 saturated heterocycles. The molecule has 2 aromatic heterocycles. The van der Waals surface area contributed by atoms with Crippen LogP contribution in [0.3, 0.4) is 0 Å². The Kier molecular flexibility index (Phi) is 9.87. The lowest BCUT2D eigenvalue weighted by Gasteiger charge is -2.21. The van der Waals surface area contributed by atoms with Gasteiger partial charge in [0, 0.05) is 45.4 Å². The first-order valence-corrected chi connectivity index (χ1v) is 16.1. The van der Waals surface area contributed by atoms with Gasteiger partial charge in [-0.25, -0.2) is 4.21 Å². The summed E-state index contributed by atoms with van der Waals surface area (Å²) in [6.45, 7) is 2.90. The fourth-order valence-corrected chi connectivity index (χ4v) is 7.02. The number of nitrogens with zero attached hydrogens (tertiary/aromatic N) is 3. The first kappa shape index (κ1) is 31.4. The van der Waals surface area contributed by atoms with E-state index in [9.17, 15) is 23.7 Å². The van der Waals surface area contributed by atoms with Gasteiger partial charge in [-0.3, -0.25) is 24.3 Å². The van der Waals surface area contributed by atoms with Crippen LogP contribution in [0.15, 0.2) is 99.1 Å². The largest absolute Gasteiger partial charge is 0.480 e. The highest BCUT2D eigenvalue weighted by atomic mass is 32.2. The highest BCUT2D eigenvalue weighted by Gasteiger charge is 2.30. The minimum Gasteiger partial charge on any atom is -0.480 e. The van der Waals surface area contributed by atoms with Gasteiger partial charge < -0.3 is 14.8 Å². The van der Waals surface area contributed by atoms with E-state index in [1.165, 1.54) is 18.7 Å². The van der Waals surface area contributed by atoms with Crippen LogP contribution in [0, 0.1) is 18.8 Å². The van der Waals surface area contributed by atoms with Crippen LogP contribution in [0.25, 0.3) is 0 Å². The Labute approximate surface area is 261 Å². The normalized spacial score (nSPS) is 15.8. The molecule has 2 aromatic carbocycles. The SMILES string of the molecule is Cc1ccoc1C(=O)Nc1cccc(C#Cc2cncc(C(=O)N=[S@](=O)(CCCN3CCCC3C(=O)O)c3ccccc3)c2)c1. The molecule has 5 rings (SSSR count). The van der Waals surface area contributed by atoms with Crippen LogP contribution in [-0.2, 0) is 14.5 Å². The number of carboxylic acid groups (broad SMARTS) is 1. The van der Waals surface area contributed by atoms with Crippen LogP contribution in [0.2, 0.25) is 0 Å². The maximum atomic E-state index is 14.2. The van der Waals surface area contributed by atoms with Crippen LogP contribution in [0.1, 0.15) is 56.9 Å². The van der Waals surface area contributed by atoms with Gasteiger partial charge in [-0.2, -0.15) is 4.36 Å². The molecule has 0 aliphatic carbocycles. The minimum atomic E-state index is -3.15. The Morgan fingerprint density at radius 3 is 2.62 bits per heavy atom. The molecule has 0 spiro atoms. The average Bonchev–Trinajstić information content (AvgIpc) is 3.70. The third-order valence-electron chi connectivity index (χ3n) is 7.38. The van der Waals surface area contributed by atoms with Gasteiger partial charge in [0.2, 0.25) is 0 Å². The summed E-state index contributed by atoms with van der Waals surface area (Å²) in [5.41, 5.74) is 2.50. The second-order valence-electron chi connectivity index (χ2n) is 10.6. The van der Waals surface area contributed by atoms with Gasteiger partial charge in [0.1, 0.15) is 6.04 Å². The van der Waals surface area contributed by atoms with E-state index in [0.717, 1.165) is 12.0 Å². The number of nitrogens with one attached hydrogen (secondary N) is 1. The Bertz CT molecular complexity index is 1900. The molecule has 2 amide bonds. The van der Waals surface area contributed by atoms with Crippen molar-refractivity contribution in [3.63, 3.8) is 0 Å². The number of rotatable bonds is 9. The minimum absolute atomic E-state index is 0.102. The summed E-state index contributed by atoms with van der Waals surface area (Å²) in [5.74, 6) is 4.44. The Morgan fingerprint density at radius 1 is 1.07 bits per heavy atom. The smallest absolute Gasteiger partial charge is 0.320 e. The molecule has 2 atom stereocenters. The number of aliphatic carboxylic acids is 1. The second kappa shape index (κ2) is 14.2. The van der Waals surface area contributed by atoms with Crippen molar-refractivity contribution in [2.45, 2.75) is 37.1 Å². The average molecular weight is 625 g/mol. The molecular formula is C34H32N4O6S. The third kappa shape index (κ3) is 7.92. The van der Waals surface area contributed by atoms with E-state index in [4.69, 9.17) is 4.42 Å². The van der Waals surface area contributed by atoms with E-state index in [-0.39, 0.29) is 23.0 Å². The van der Waals surface area contributed by atoms with Crippen molar-refractivity contribution in [1.29, 1.82) is 0 Å². The van der Waals surface area contributed by atoms with Gasteiger partial charge >= 0.3 is 5.97 Å². The highest BCUT2D eigenvalue weighted by molar-refractivity contribution is 7.94. The molecule has 1 unspecified atom stereocenters. The number of hydrogen-bond acceptors (Lipinski definition) is 7. The number of furan rings is 1. The van der Waals surface area contributed by atoms with Gasteiger partial charge in [-0.1, -0.05) is 36.1 Å². The van der Waals surface area contributed by atoms with E-state index in [2.05, 4.69) is 26.5 Å². The molecule has 4 aromatic rings. The third-order valence-corrected chi connectivity index (χ3v) is 9.69. The van der Waals surface area contributed by atoms with Crippen molar-refractivity contribution in [3.05, 3.63) is 113 Å². The van der Waals surface area contributed by atoms with Gasteiger partial charge in [0.15, 0.2) is 5.76 Å². The van der Waals surface area contributed by atoms with Crippen LogP contribution >= 0.6 is 0 Å². The summed E-state index contributed by atoms with van der Waals surface area (Å²) in [7, 11) is -3.15. The fourth-order valence-electron chi connectivity index (χ4n) is 5.11. The molecule has 0 radical (unpaired) electrons. The lowest BCUT2D eigenvalue weighted by Crippen LogP contribution is -2.37. The zero-order chi connectivity index (χ0) is 31.8. The maximum absolute atomic E-state index is 14.2. The van der Waals surface area contributed by atoms with E-state index in [0.29, 0.717) is 47.6 Å². The van der Waals surface area contributed by atoms with Crippen molar-refractivity contribution in [1.82, 2.24) is 9.88 Å². The standard InChI is InChI=1S/C34H32N4O6S/c1-24-15-18-44-31(24)33(40)36-28-9-5-8-25(21-28)13-14-26-20-27(23-35-22-26)32(39)37-45(43,29-10-3-2-4-11-29)19-7-17-38-16-6-12-30(38)34(41)42/h2-5,8-11,15,18,20-23,30H,6-7,12,16-17,19H2,1H3,(H,36,40)(H,41,42)/t30?,45-/m0/s1. The van der Waals surface area contributed by atoms with Crippen molar-refractivity contribution >= 4 is 33.2 Å². The molecule has 1 aliphatic rings. The molecule has 0 bridgehead atoms. The van der Waals surface area contributed by atoms with E-state index in [1.807, 2.05) is 4.90 Å². The number of amides is 2. The molecule has 10 nitrogen and oxygen atoms in total. The molecule has 1 fully saturated rings. The number of aromatic nitrogens is 1. The van der Waals surface area contributed by atoms with Crippen molar-refractivity contribution in [2.24, 2.45) is 4.36 Å². The summed E-state index contributed by atoms with van der Waals surface area (Å²) in [4.78, 5) is 43.8. The van der Waals surface area contributed by atoms with Gasteiger partial charge in [-0.05, 0) is 81.7 Å². The van der Waals surface area contributed by atoms with Gasteiger partial charge in [-0.15, -0.1) is 0 Å². The van der Waals surface area contributed by atoms with E-state index in [1.54, 1.807) is 73.7 Å². The Hall–Kier alpha value is -5.05. The molecular weight excluding hydrogens is 592 g/mol. The number of likely N-dealkylation sites (tertiary alicyclic amines) is 1. The van der Waals surface area contributed by atoms with Crippen LogP contribution < -0.4 is 5.32 Å². The van der Waals surface area contributed by atoms with Crippen molar-refractivity contribution < 1.29 is 28.1 Å². The molecule has 0 saturated carbocycles. The lowest BCUT2D eigenvalue weighted by atomic mass is 10.1. The predicted molar refractivity (Wildman–Crippen MR) is 169 cm³/mol. The van der Waals surface area contributed by atoms with E-state index < -0.39 is 27.6 Å². The number of benzene rings is 2. The van der Waals surface area contributed by atoms with Gasteiger partial charge in [0.05, 0.1) is 21.6 Å². The lowest BCUT2D eigenvalue weighted by molar-refractivity contribution is -0.142. The summed E-state index contributed by atoms with van der Waals surface area (Å²) in [6.07, 6.45) is 6.13. The molecule has 3 heterocycles. The van der Waals surface area contributed by atoms with Crippen molar-refractivity contribution in [3.8, 4) is 11.8 Å². The zero-order valence-corrected chi connectivity index (χ0v) is 25.5. The summed E-state index contributed by atoms with van der Waals surface area (Å²) in [5, 5.41) is 12.3. The predicted octanol–water partition coefficient (Wildman–Crippen LogP) is 5.24. The highest BCUT2D eigenvalue weighted by Crippen LogP contribution is 2.21. The Morgan fingerprint density at radius 2 is 1.87 bits per heavy atom. The fraction of sp³-hybridized carbons (Fsp3) is 0.235. The van der Waals surface area contributed by atoms with Crippen LogP contribution in [0.4, 0.5) is 5.69 Å². The quantitative estimate of drug-likeness (QED) is 0.241. The number of carbonyl (C=O) groups excluding carboxylic acids is 2. The van der Waals surface area contributed by atoms with Gasteiger partial charge in [0.25, 0.3) is 11.8 Å². The molecule has 45 heavy (non-hydrogen) atoms. The topological polar surface area (TPSA) is 142 Å². The van der Waals surface area contributed by atoms with Crippen LogP contribution in [0.5, 0.6) is 0 Å². The number of aryl methyl sites for hydroxylation is 1. The molecule has 230 valence electrons. The first-order valence-electron chi connectivity index (χ1n) is 14.5. The number of anilines is 1. The molecule has 1 aliphatic heterocycles. The summed E-state index contributed by atoms with van der Waals surface area (Å²) < 4.78 is 23.6. The summed E-state index contributed by atoms with van der Waals surface area (Å²) in [6, 6.07) is 18.4. The number of carbonyl (C=O) groups is 3. The Balaban J connectivity index is 1.32. The van der Waals surface area contributed by atoms with E-state index >= 15 is 0 Å². The monoisotopic (exact) mass is 624 g/mol. The maximum Gasteiger partial charge on any atom is 0.320 e. The number of carboxylic acids is 1. The summed E-state index contributed by atoms with van der Waals surface area (Å²) >= 11 is 0. The number of hydrogen-bond donors (Lipinski definition) is 2. The van der Waals surface area contributed by atoms with Crippen molar-refractivity contribution in [2.75, 3.05) is 24.2 Å². The molecule has 11 heteroatoms. The zero-order valence-electron chi connectivity index (χ0n) is 24.6. The molecule has 2 N–H and O–H groups in total. The van der Waals surface area contributed by atoms with Crippen LogP contribution in [-0.4, -0.2) is 61.9 Å². The first-order chi connectivity index (χ1) is 21.7. The number of pyridine rings is 1. The second-order valence-corrected chi connectivity index (χ2v) is 13.0.